The van der Waals surface area contributed by atoms with E-state index in [1.54, 1.807) is 12.1 Å². The summed E-state index contributed by atoms with van der Waals surface area (Å²) < 4.78 is 5.46. The zero-order valence-corrected chi connectivity index (χ0v) is 12.4. The highest BCUT2D eigenvalue weighted by atomic mass is 35.5. The summed E-state index contributed by atoms with van der Waals surface area (Å²) in [5, 5.41) is 12.1. The molecule has 0 radical (unpaired) electrons. The Bertz CT molecular complexity index is 561. The smallest absolute Gasteiger partial charge is 0.142 e. The van der Waals surface area contributed by atoms with Gasteiger partial charge in [0.05, 0.1) is 12.3 Å². The third-order valence-corrected chi connectivity index (χ3v) is 2.82. The largest absolute Gasteiger partial charge is 0.489 e. The molecule has 0 atom stereocenters. The van der Waals surface area contributed by atoms with Gasteiger partial charge in [-0.1, -0.05) is 12.1 Å². The summed E-state index contributed by atoms with van der Waals surface area (Å²) in [6, 6.07) is 13.0. The molecule has 21 heavy (non-hydrogen) atoms. The van der Waals surface area contributed by atoms with E-state index in [2.05, 4.69) is 5.32 Å². The third-order valence-electron chi connectivity index (χ3n) is 2.82. The molecule has 0 saturated heterocycles. The maximum absolute atomic E-state index is 8.83. The van der Waals surface area contributed by atoms with E-state index in [4.69, 9.17) is 21.3 Å². The second kappa shape index (κ2) is 8.24. The SMILES string of the molecule is Cl.Nc1ccc(CNc2cc(N)ccc2OCCO)cc1. The number of nitrogen functional groups attached to an aromatic ring is 2. The first-order valence-electron chi connectivity index (χ1n) is 6.40. The van der Waals surface area contributed by atoms with Crippen molar-refractivity contribution in [1.29, 1.82) is 0 Å². The van der Waals surface area contributed by atoms with Crippen LogP contribution in [0.3, 0.4) is 0 Å². The first kappa shape index (κ1) is 16.9. The zero-order chi connectivity index (χ0) is 14.4. The number of anilines is 3. The number of hydrogen-bond acceptors (Lipinski definition) is 5. The van der Waals surface area contributed by atoms with Gasteiger partial charge in [-0.25, -0.2) is 0 Å². The molecule has 0 aliphatic heterocycles. The van der Waals surface area contributed by atoms with Crippen molar-refractivity contribution in [2.75, 3.05) is 30.0 Å². The number of ether oxygens (including phenoxy) is 1. The molecule has 0 amide bonds. The molecule has 0 spiro atoms. The van der Waals surface area contributed by atoms with Crippen LogP contribution in [-0.4, -0.2) is 18.3 Å². The Hall–Kier alpha value is -2.11. The predicted molar refractivity (Wildman–Crippen MR) is 88.9 cm³/mol. The Balaban J connectivity index is 0.00000220. The molecule has 5 nitrogen and oxygen atoms in total. The molecule has 2 rings (SSSR count). The lowest BCUT2D eigenvalue weighted by molar-refractivity contribution is 0.202. The van der Waals surface area contributed by atoms with Crippen LogP contribution < -0.4 is 21.5 Å². The highest BCUT2D eigenvalue weighted by Crippen LogP contribution is 2.27. The molecule has 6 heteroatoms. The average molecular weight is 310 g/mol. The van der Waals surface area contributed by atoms with Gasteiger partial charge in [-0.2, -0.15) is 0 Å². The maximum Gasteiger partial charge on any atom is 0.142 e. The van der Waals surface area contributed by atoms with Gasteiger partial charge >= 0.3 is 0 Å². The van der Waals surface area contributed by atoms with Gasteiger partial charge in [0.15, 0.2) is 0 Å². The average Bonchev–Trinajstić information content (AvgIpc) is 2.46. The molecule has 0 aromatic heterocycles. The summed E-state index contributed by atoms with van der Waals surface area (Å²) >= 11 is 0. The van der Waals surface area contributed by atoms with Crippen LogP contribution >= 0.6 is 12.4 Å². The monoisotopic (exact) mass is 309 g/mol. The Morgan fingerprint density at radius 3 is 2.33 bits per heavy atom. The third kappa shape index (κ3) is 5.06. The van der Waals surface area contributed by atoms with E-state index in [-0.39, 0.29) is 25.6 Å². The second-order valence-electron chi connectivity index (χ2n) is 4.42. The van der Waals surface area contributed by atoms with Crippen molar-refractivity contribution in [2.24, 2.45) is 0 Å². The highest BCUT2D eigenvalue weighted by molar-refractivity contribution is 5.85. The quantitative estimate of drug-likeness (QED) is 0.614. The number of halogens is 1. The van der Waals surface area contributed by atoms with Crippen LogP contribution in [0, 0.1) is 0 Å². The van der Waals surface area contributed by atoms with Gasteiger partial charge in [-0.3, -0.25) is 0 Å². The zero-order valence-electron chi connectivity index (χ0n) is 11.6. The van der Waals surface area contributed by atoms with Crippen molar-refractivity contribution in [1.82, 2.24) is 0 Å². The van der Waals surface area contributed by atoms with Crippen molar-refractivity contribution in [2.45, 2.75) is 6.54 Å². The van der Waals surface area contributed by atoms with Gasteiger partial charge in [0.2, 0.25) is 0 Å². The number of benzene rings is 2. The number of aliphatic hydroxyl groups is 1. The number of hydrogen-bond donors (Lipinski definition) is 4. The van der Waals surface area contributed by atoms with E-state index in [1.807, 2.05) is 30.3 Å². The molecule has 0 saturated carbocycles. The number of nitrogens with one attached hydrogen (secondary N) is 1. The summed E-state index contributed by atoms with van der Waals surface area (Å²) in [6.07, 6.45) is 0. The maximum atomic E-state index is 8.83. The Morgan fingerprint density at radius 2 is 1.67 bits per heavy atom. The second-order valence-corrected chi connectivity index (χ2v) is 4.42. The van der Waals surface area contributed by atoms with Crippen molar-refractivity contribution in [3.05, 3.63) is 48.0 Å². The van der Waals surface area contributed by atoms with Crippen molar-refractivity contribution in [3.8, 4) is 5.75 Å². The van der Waals surface area contributed by atoms with Crippen LogP contribution in [0.4, 0.5) is 17.1 Å². The number of rotatable bonds is 6. The van der Waals surface area contributed by atoms with E-state index < -0.39 is 0 Å². The van der Waals surface area contributed by atoms with E-state index in [0.717, 1.165) is 16.9 Å². The normalized spacial score (nSPS) is 9.76. The van der Waals surface area contributed by atoms with Crippen LogP contribution in [0.25, 0.3) is 0 Å². The van der Waals surface area contributed by atoms with Gasteiger partial charge < -0.3 is 26.6 Å². The minimum absolute atomic E-state index is 0. The molecule has 0 aliphatic rings. The molecule has 0 fully saturated rings. The fourth-order valence-electron chi connectivity index (χ4n) is 1.80. The number of aliphatic hydroxyl groups excluding tert-OH is 1. The molecule has 114 valence electrons. The van der Waals surface area contributed by atoms with Gasteiger partial charge in [-0.15, -0.1) is 12.4 Å². The Kier molecular flexibility index (Phi) is 6.65. The minimum atomic E-state index is -0.0260. The minimum Gasteiger partial charge on any atom is -0.489 e. The van der Waals surface area contributed by atoms with Crippen molar-refractivity contribution >= 4 is 29.5 Å². The van der Waals surface area contributed by atoms with E-state index in [1.165, 1.54) is 0 Å². The molecule has 0 bridgehead atoms. The predicted octanol–water partition coefficient (Wildman–Crippen LogP) is 2.26. The van der Waals surface area contributed by atoms with Crippen molar-refractivity contribution < 1.29 is 9.84 Å². The Morgan fingerprint density at radius 1 is 1.00 bits per heavy atom. The van der Waals surface area contributed by atoms with E-state index >= 15 is 0 Å². The lowest BCUT2D eigenvalue weighted by Gasteiger charge is -2.13. The van der Waals surface area contributed by atoms with E-state index in [9.17, 15) is 0 Å². The summed E-state index contributed by atoms with van der Waals surface area (Å²) in [4.78, 5) is 0. The molecule has 2 aromatic carbocycles. The lowest BCUT2D eigenvalue weighted by atomic mass is 10.2. The van der Waals surface area contributed by atoms with Gasteiger partial charge in [0.1, 0.15) is 12.4 Å². The van der Waals surface area contributed by atoms with Crippen LogP contribution in [-0.2, 0) is 6.54 Å². The first-order valence-corrected chi connectivity index (χ1v) is 6.40. The fourth-order valence-corrected chi connectivity index (χ4v) is 1.80. The summed E-state index contributed by atoms with van der Waals surface area (Å²) in [5.74, 6) is 0.670. The van der Waals surface area contributed by atoms with Crippen LogP contribution in [0.5, 0.6) is 5.75 Å². The number of nitrogens with two attached hydrogens (primary N) is 2. The summed E-state index contributed by atoms with van der Waals surface area (Å²) in [6.45, 7) is 0.863. The van der Waals surface area contributed by atoms with E-state index in [0.29, 0.717) is 18.0 Å². The Labute approximate surface area is 130 Å². The standard InChI is InChI=1S/C15H19N3O2.ClH/c16-12-3-1-11(2-4-12)10-18-14-9-13(17)5-6-15(14)20-8-7-19;/h1-6,9,18-19H,7-8,10,16-17H2;1H. The van der Waals surface area contributed by atoms with Crippen LogP contribution in [0.1, 0.15) is 5.56 Å². The molecular formula is C15H20ClN3O2. The molecular weight excluding hydrogens is 290 g/mol. The van der Waals surface area contributed by atoms with Crippen LogP contribution in [0.15, 0.2) is 42.5 Å². The molecule has 2 aromatic rings. The molecule has 0 heterocycles. The lowest BCUT2D eigenvalue weighted by Crippen LogP contribution is -2.06. The van der Waals surface area contributed by atoms with Gasteiger partial charge in [0.25, 0.3) is 0 Å². The molecule has 6 N–H and O–H groups in total. The van der Waals surface area contributed by atoms with Gasteiger partial charge in [0, 0.05) is 17.9 Å². The van der Waals surface area contributed by atoms with Crippen LogP contribution in [0.2, 0.25) is 0 Å². The fraction of sp³-hybridized carbons (Fsp3) is 0.200. The topological polar surface area (TPSA) is 93.5 Å². The molecule has 0 unspecified atom stereocenters. The first-order chi connectivity index (χ1) is 9.69. The summed E-state index contributed by atoms with van der Waals surface area (Å²) in [7, 11) is 0. The summed E-state index contributed by atoms with van der Waals surface area (Å²) in [5.41, 5.74) is 14.7. The molecule has 0 aliphatic carbocycles. The van der Waals surface area contributed by atoms with Gasteiger partial charge in [-0.05, 0) is 35.9 Å². The van der Waals surface area contributed by atoms with Crippen molar-refractivity contribution in [3.63, 3.8) is 0 Å². The highest BCUT2D eigenvalue weighted by Gasteiger charge is 2.04.